The van der Waals surface area contributed by atoms with Crippen LogP contribution < -0.4 is 14.8 Å². The molecular formula is C22H21NO3. The molecule has 4 heteroatoms. The van der Waals surface area contributed by atoms with E-state index in [-0.39, 0.29) is 5.91 Å². The minimum atomic E-state index is -0.0573. The zero-order valence-electron chi connectivity index (χ0n) is 14.9. The first-order valence-corrected chi connectivity index (χ1v) is 8.36. The van der Waals surface area contributed by atoms with Crippen molar-refractivity contribution in [3.8, 4) is 11.5 Å². The van der Waals surface area contributed by atoms with Gasteiger partial charge in [0.15, 0.2) is 11.5 Å². The third kappa shape index (κ3) is 4.03. The highest BCUT2D eigenvalue weighted by atomic mass is 16.5. The summed E-state index contributed by atoms with van der Waals surface area (Å²) in [6, 6.07) is 19.7. The fourth-order valence-electron chi connectivity index (χ4n) is 2.86. The molecule has 1 N–H and O–H groups in total. The highest BCUT2D eigenvalue weighted by Crippen LogP contribution is 2.27. The van der Waals surface area contributed by atoms with E-state index in [0.717, 1.165) is 21.9 Å². The van der Waals surface area contributed by atoms with Gasteiger partial charge in [-0.15, -0.1) is 0 Å². The lowest BCUT2D eigenvalue weighted by Gasteiger charge is -2.08. The smallest absolute Gasteiger partial charge is 0.228 e. The van der Waals surface area contributed by atoms with Gasteiger partial charge in [0, 0.05) is 6.20 Å². The van der Waals surface area contributed by atoms with Gasteiger partial charge >= 0.3 is 0 Å². The summed E-state index contributed by atoms with van der Waals surface area (Å²) in [7, 11) is 3.19. The summed E-state index contributed by atoms with van der Waals surface area (Å²) in [5.74, 6) is 1.26. The van der Waals surface area contributed by atoms with E-state index in [1.807, 2.05) is 66.7 Å². The van der Waals surface area contributed by atoms with Gasteiger partial charge in [-0.05, 0) is 40.1 Å². The third-order valence-electron chi connectivity index (χ3n) is 4.16. The first-order chi connectivity index (χ1) is 12.7. The van der Waals surface area contributed by atoms with E-state index in [9.17, 15) is 4.79 Å². The molecule has 0 atom stereocenters. The van der Waals surface area contributed by atoms with E-state index in [4.69, 9.17) is 9.47 Å². The highest BCUT2D eigenvalue weighted by molar-refractivity contribution is 5.90. The first-order valence-electron chi connectivity index (χ1n) is 8.36. The second-order valence-corrected chi connectivity index (χ2v) is 5.83. The second kappa shape index (κ2) is 8.21. The first kappa shape index (κ1) is 17.5. The molecule has 0 fully saturated rings. The zero-order chi connectivity index (χ0) is 18.4. The summed E-state index contributed by atoms with van der Waals surface area (Å²) >= 11 is 0. The van der Waals surface area contributed by atoms with Crippen LogP contribution >= 0.6 is 0 Å². The Balaban J connectivity index is 1.66. The number of nitrogens with one attached hydrogen (secondary N) is 1. The summed E-state index contributed by atoms with van der Waals surface area (Å²) < 4.78 is 10.5. The van der Waals surface area contributed by atoms with E-state index in [1.165, 1.54) is 0 Å². The molecular weight excluding hydrogens is 326 g/mol. The molecule has 0 radical (unpaired) electrons. The van der Waals surface area contributed by atoms with Crippen LogP contribution in [0.2, 0.25) is 0 Å². The molecule has 0 saturated carbocycles. The molecule has 3 rings (SSSR count). The van der Waals surface area contributed by atoms with Crippen LogP contribution in [0.5, 0.6) is 11.5 Å². The molecule has 0 bridgehead atoms. The molecule has 3 aromatic carbocycles. The van der Waals surface area contributed by atoms with Crippen LogP contribution in [0.1, 0.15) is 11.1 Å². The van der Waals surface area contributed by atoms with Crippen molar-refractivity contribution in [3.05, 3.63) is 78.0 Å². The summed E-state index contributed by atoms with van der Waals surface area (Å²) in [5, 5.41) is 5.06. The minimum absolute atomic E-state index is 0.0573. The van der Waals surface area contributed by atoms with Crippen LogP contribution in [0.4, 0.5) is 0 Å². The summed E-state index contributed by atoms with van der Waals surface area (Å²) in [5.41, 5.74) is 1.92. The van der Waals surface area contributed by atoms with Crippen molar-refractivity contribution in [1.82, 2.24) is 5.32 Å². The van der Waals surface area contributed by atoms with Crippen molar-refractivity contribution < 1.29 is 14.3 Å². The molecule has 0 aliphatic heterocycles. The standard InChI is InChI=1S/C22H21NO3/c1-25-20-11-10-16(14-21(20)26-2)12-13-23-22(24)15-18-8-5-7-17-6-3-4-9-19(17)18/h3-14H,15H2,1-2H3,(H,23,24). The van der Waals surface area contributed by atoms with Crippen molar-refractivity contribution in [3.63, 3.8) is 0 Å². The van der Waals surface area contributed by atoms with Gasteiger partial charge in [-0.2, -0.15) is 0 Å². The van der Waals surface area contributed by atoms with E-state index in [1.54, 1.807) is 20.4 Å². The number of hydrogen-bond acceptors (Lipinski definition) is 3. The molecule has 0 aromatic heterocycles. The van der Waals surface area contributed by atoms with Gasteiger partial charge in [-0.25, -0.2) is 0 Å². The number of hydrogen-bond donors (Lipinski definition) is 1. The number of fused-ring (bicyclic) bond motifs is 1. The number of carbonyl (C=O) groups excluding carboxylic acids is 1. The predicted molar refractivity (Wildman–Crippen MR) is 104 cm³/mol. The number of carbonyl (C=O) groups is 1. The lowest BCUT2D eigenvalue weighted by atomic mass is 10.0. The summed E-state index contributed by atoms with van der Waals surface area (Å²) in [6.07, 6.45) is 3.80. The average Bonchev–Trinajstić information content (AvgIpc) is 2.68. The Kier molecular flexibility index (Phi) is 5.54. The van der Waals surface area contributed by atoms with Gasteiger partial charge in [0.25, 0.3) is 0 Å². The Hall–Kier alpha value is -3.27. The fraction of sp³-hybridized carbons (Fsp3) is 0.136. The molecule has 0 spiro atoms. The minimum Gasteiger partial charge on any atom is -0.493 e. The number of amides is 1. The maximum atomic E-state index is 12.3. The molecule has 0 unspecified atom stereocenters. The van der Waals surface area contributed by atoms with E-state index >= 15 is 0 Å². The Morgan fingerprint density at radius 3 is 2.54 bits per heavy atom. The van der Waals surface area contributed by atoms with Crippen LogP contribution in [0.25, 0.3) is 16.8 Å². The maximum Gasteiger partial charge on any atom is 0.228 e. The normalized spacial score (nSPS) is 10.8. The van der Waals surface area contributed by atoms with Crippen molar-refractivity contribution in [2.75, 3.05) is 14.2 Å². The SMILES string of the molecule is COc1ccc(C=CNC(=O)Cc2cccc3ccccc23)cc1OC. The van der Waals surface area contributed by atoms with Crippen LogP contribution in [0.15, 0.2) is 66.9 Å². The van der Waals surface area contributed by atoms with Crippen LogP contribution in [0, 0.1) is 0 Å². The van der Waals surface area contributed by atoms with Crippen molar-refractivity contribution >= 4 is 22.8 Å². The van der Waals surface area contributed by atoms with Crippen LogP contribution in [-0.2, 0) is 11.2 Å². The molecule has 4 nitrogen and oxygen atoms in total. The van der Waals surface area contributed by atoms with Gasteiger partial charge in [-0.1, -0.05) is 48.5 Å². The Labute approximate surface area is 153 Å². The summed E-state index contributed by atoms with van der Waals surface area (Å²) in [6.45, 7) is 0. The molecule has 0 aliphatic carbocycles. The number of benzene rings is 3. The number of ether oxygens (including phenoxy) is 2. The van der Waals surface area contributed by atoms with Gasteiger partial charge in [-0.3, -0.25) is 4.79 Å². The van der Waals surface area contributed by atoms with E-state index in [0.29, 0.717) is 17.9 Å². The monoisotopic (exact) mass is 347 g/mol. The Morgan fingerprint density at radius 1 is 0.962 bits per heavy atom. The lowest BCUT2D eigenvalue weighted by Crippen LogP contribution is -2.19. The molecule has 3 aromatic rings. The fourth-order valence-corrected chi connectivity index (χ4v) is 2.86. The van der Waals surface area contributed by atoms with Crippen LogP contribution in [-0.4, -0.2) is 20.1 Å². The van der Waals surface area contributed by atoms with Gasteiger partial charge in [0.05, 0.1) is 20.6 Å². The van der Waals surface area contributed by atoms with Crippen LogP contribution in [0.3, 0.4) is 0 Å². The average molecular weight is 347 g/mol. The number of methoxy groups -OCH3 is 2. The lowest BCUT2D eigenvalue weighted by molar-refractivity contribution is -0.119. The zero-order valence-corrected chi connectivity index (χ0v) is 14.9. The van der Waals surface area contributed by atoms with Crippen molar-refractivity contribution in [2.45, 2.75) is 6.42 Å². The Bertz CT molecular complexity index is 942. The van der Waals surface area contributed by atoms with Gasteiger partial charge in [0.1, 0.15) is 0 Å². The van der Waals surface area contributed by atoms with Crippen molar-refractivity contribution in [1.29, 1.82) is 0 Å². The molecule has 0 aliphatic rings. The highest BCUT2D eigenvalue weighted by Gasteiger charge is 2.06. The summed E-state index contributed by atoms with van der Waals surface area (Å²) in [4.78, 5) is 12.3. The molecule has 0 saturated heterocycles. The quantitative estimate of drug-likeness (QED) is 0.727. The van der Waals surface area contributed by atoms with E-state index in [2.05, 4.69) is 5.32 Å². The second-order valence-electron chi connectivity index (χ2n) is 5.83. The number of rotatable bonds is 6. The molecule has 26 heavy (non-hydrogen) atoms. The topological polar surface area (TPSA) is 47.6 Å². The largest absolute Gasteiger partial charge is 0.493 e. The van der Waals surface area contributed by atoms with E-state index < -0.39 is 0 Å². The molecule has 1 amide bonds. The third-order valence-corrected chi connectivity index (χ3v) is 4.16. The maximum absolute atomic E-state index is 12.3. The van der Waals surface area contributed by atoms with Crippen molar-refractivity contribution in [2.24, 2.45) is 0 Å². The molecule has 132 valence electrons. The van der Waals surface area contributed by atoms with Gasteiger partial charge < -0.3 is 14.8 Å². The molecule has 0 heterocycles. The Morgan fingerprint density at radius 2 is 1.73 bits per heavy atom. The van der Waals surface area contributed by atoms with Gasteiger partial charge in [0.2, 0.25) is 5.91 Å². The predicted octanol–water partition coefficient (Wildman–Crippen LogP) is 4.19.